The van der Waals surface area contributed by atoms with Gasteiger partial charge in [-0.2, -0.15) is 5.10 Å². The van der Waals surface area contributed by atoms with E-state index in [0.29, 0.717) is 13.0 Å². The number of carbonyl (C=O) groups is 1. The molecule has 3 rings (SSSR count). The van der Waals surface area contributed by atoms with Gasteiger partial charge in [0.2, 0.25) is 5.91 Å². The van der Waals surface area contributed by atoms with E-state index in [0.717, 1.165) is 23.5 Å². The summed E-state index contributed by atoms with van der Waals surface area (Å²) < 4.78 is 0. The van der Waals surface area contributed by atoms with Crippen molar-refractivity contribution in [2.24, 2.45) is 0 Å². The summed E-state index contributed by atoms with van der Waals surface area (Å²) in [5, 5.41) is 13.0. The number of anilines is 2. The molecule has 0 aliphatic carbocycles. The quantitative estimate of drug-likeness (QED) is 0.770. The monoisotopic (exact) mass is 242 g/mol. The third-order valence-electron chi connectivity index (χ3n) is 3.04. The standard InChI is InChI=1S/C13H14N4O/c18-13-4-1-9-7-10(2-3-12(9)16-13)14-8-11-5-6-15-17-11/h2-3,5-7,14H,1,4,8H2,(H,15,17)(H,16,18). The van der Waals surface area contributed by atoms with Crippen LogP contribution in [0.1, 0.15) is 17.7 Å². The molecule has 1 aliphatic rings. The minimum absolute atomic E-state index is 0.0978. The lowest BCUT2D eigenvalue weighted by atomic mass is 10.0. The third kappa shape index (κ3) is 2.20. The number of aryl methyl sites for hydroxylation is 1. The van der Waals surface area contributed by atoms with E-state index in [-0.39, 0.29) is 5.91 Å². The number of aromatic amines is 1. The van der Waals surface area contributed by atoms with Crippen LogP contribution < -0.4 is 10.6 Å². The van der Waals surface area contributed by atoms with Crippen LogP contribution in [0.3, 0.4) is 0 Å². The molecule has 18 heavy (non-hydrogen) atoms. The van der Waals surface area contributed by atoms with E-state index in [1.165, 1.54) is 5.56 Å². The van der Waals surface area contributed by atoms with E-state index >= 15 is 0 Å². The molecule has 0 bridgehead atoms. The summed E-state index contributed by atoms with van der Waals surface area (Å²) in [6, 6.07) is 7.94. The fraction of sp³-hybridized carbons (Fsp3) is 0.231. The van der Waals surface area contributed by atoms with Crippen molar-refractivity contribution in [1.82, 2.24) is 10.2 Å². The molecule has 92 valence electrons. The zero-order valence-corrected chi connectivity index (χ0v) is 9.86. The number of rotatable bonds is 3. The highest BCUT2D eigenvalue weighted by Gasteiger charge is 2.14. The van der Waals surface area contributed by atoms with Gasteiger partial charge in [0.05, 0.1) is 12.2 Å². The molecule has 0 radical (unpaired) electrons. The van der Waals surface area contributed by atoms with E-state index in [2.05, 4.69) is 26.9 Å². The smallest absolute Gasteiger partial charge is 0.224 e. The number of nitrogens with zero attached hydrogens (tertiary/aromatic N) is 1. The number of carbonyl (C=O) groups excluding carboxylic acids is 1. The zero-order chi connectivity index (χ0) is 12.4. The van der Waals surface area contributed by atoms with Crippen molar-refractivity contribution in [2.45, 2.75) is 19.4 Å². The number of aromatic nitrogens is 2. The molecule has 1 aliphatic heterocycles. The van der Waals surface area contributed by atoms with Gasteiger partial charge in [0.15, 0.2) is 0 Å². The fourth-order valence-corrected chi connectivity index (χ4v) is 2.07. The van der Waals surface area contributed by atoms with Gasteiger partial charge in [0.25, 0.3) is 0 Å². The molecule has 5 nitrogen and oxygen atoms in total. The summed E-state index contributed by atoms with van der Waals surface area (Å²) >= 11 is 0. The lowest BCUT2D eigenvalue weighted by Gasteiger charge is -2.17. The van der Waals surface area contributed by atoms with Crippen molar-refractivity contribution in [1.29, 1.82) is 0 Å². The molecular weight excluding hydrogens is 228 g/mol. The van der Waals surface area contributed by atoms with E-state index in [1.54, 1.807) is 6.20 Å². The van der Waals surface area contributed by atoms with Gasteiger partial charge in [-0.3, -0.25) is 9.89 Å². The summed E-state index contributed by atoms with van der Waals surface area (Å²) in [5.74, 6) is 0.0978. The van der Waals surface area contributed by atoms with Crippen LogP contribution in [0.25, 0.3) is 0 Å². The largest absolute Gasteiger partial charge is 0.379 e. The van der Waals surface area contributed by atoms with Crippen molar-refractivity contribution in [3.05, 3.63) is 41.7 Å². The van der Waals surface area contributed by atoms with Crippen molar-refractivity contribution in [3.63, 3.8) is 0 Å². The highest BCUT2D eigenvalue weighted by Crippen LogP contribution is 2.25. The summed E-state index contributed by atoms with van der Waals surface area (Å²) in [6.45, 7) is 0.713. The van der Waals surface area contributed by atoms with Gasteiger partial charge in [-0.05, 0) is 36.2 Å². The predicted molar refractivity (Wildman–Crippen MR) is 69.3 cm³/mol. The lowest BCUT2D eigenvalue weighted by Crippen LogP contribution is -2.18. The van der Waals surface area contributed by atoms with E-state index in [1.807, 2.05) is 18.2 Å². The van der Waals surface area contributed by atoms with Crippen LogP contribution in [-0.4, -0.2) is 16.1 Å². The Morgan fingerprint density at radius 3 is 3.06 bits per heavy atom. The third-order valence-corrected chi connectivity index (χ3v) is 3.04. The summed E-state index contributed by atoms with van der Waals surface area (Å²) in [6.07, 6.45) is 3.11. The molecule has 0 spiro atoms. The van der Waals surface area contributed by atoms with Crippen LogP contribution in [0, 0.1) is 0 Å². The molecule has 1 amide bonds. The number of amides is 1. The maximum Gasteiger partial charge on any atom is 0.224 e. The molecule has 1 aromatic carbocycles. The Hall–Kier alpha value is -2.30. The van der Waals surface area contributed by atoms with Crippen molar-refractivity contribution in [3.8, 4) is 0 Å². The van der Waals surface area contributed by atoms with Gasteiger partial charge in [-0.15, -0.1) is 0 Å². The van der Waals surface area contributed by atoms with E-state index in [9.17, 15) is 4.79 Å². The molecule has 0 fully saturated rings. The Morgan fingerprint density at radius 1 is 1.28 bits per heavy atom. The predicted octanol–water partition coefficient (Wildman–Crippen LogP) is 1.91. The van der Waals surface area contributed by atoms with Crippen LogP contribution in [0.5, 0.6) is 0 Å². The second-order valence-corrected chi connectivity index (χ2v) is 4.36. The average molecular weight is 242 g/mol. The van der Waals surface area contributed by atoms with Gasteiger partial charge in [0, 0.05) is 24.0 Å². The molecule has 0 atom stereocenters. The Bertz CT molecular complexity index is 562. The van der Waals surface area contributed by atoms with Crippen LogP contribution in [0.2, 0.25) is 0 Å². The van der Waals surface area contributed by atoms with Crippen molar-refractivity contribution in [2.75, 3.05) is 10.6 Å². The first-order valence-electron chi connectivity index (χ1n) is 5.96. The maximum absolute atomic E-state index is 11.3. The fourth-order valence-electron chi connectivity index (χ4n) is 2.07. The summed E-state index contributed by atoms with van der Waals surface area (Å²) in [5.41, 5.74) is 4.21. The second kappa shape index (κ2) is 4.52. The molecule has 3 N–H and O–H groups in total. The molecule has 0 unspecified atom stereocenters. The number of H-pyrrole nitrogens is 1. The van der Waals surface area contributed by atoms with E-state index < -0.39 is 0 Å². The number of hydrogen-bond donors (Lipinski definition) is 3. The lowest BCUT2D eigenvalue weighted by molar-refractivity contribution is -0.116. The van der Waals surface area contributed by atoms with E-state index in [4.69, 9.17) is 0 Å². The first-order valence-corrected chi connectivity index (χ1v) is 5.96. The Kier molecular flexibility index (Phi) is 2.72. The molecule has 0 saturated heterocycles. The number of nitrogens with one attached hydrogen (secondary N) is 3. The molecule has 2 heterocycles. The van der Waals surface area contributed by atoms with Gasteiger partial charge in [0.1, 0.15) is 0 Å². The number of hydrogen-bond acceptors (Lipinski definition) is 3. The highest BCUT2D eigenvalue weighted by molar-refractivity contribution is 5.94. The second-order valence-electron chi connectivity index (χ2n) is 4.36. The number of benzene rings is 1. The van der Waals surface area contributed by atoms with Crippen LogP contribution in [-0.2, 0) is 17.8 Å². The van der Waals surface area contributed by atoms with Crippen molar-refractivity contribution < 1.29 is 4.79 Å². The normalized spacial score (nSPS) is 13.9. The molecular formula is C13H14N4O. The topological polar surface area (TPSA) is 69.8 Å². The molecule has 1 aromatic heterocycles. The minimum atomic E-state index is 0.0978. The number of fused-ring (bicyclic) bond motifs is 1. The summed E-state index contributed by atoms with van der Waals surface area (Å²) in [4.78, 5) is 11.3. The molecule has 0 saturated carbocycles. The van der Waals surface area contributed by atoms with Gasteiger partial charge in [-0.25, -0.2) is 0 Å². The Balaban J connectivity index is 1.72. The highest BCUT2D eigenvalue weighted by atomic mass is 16.1. The molecule has 2 aromatic rings. The maximum atomic E-state index is 11.3. The average Bonchev–Trinajstić information content (AvgIpc) is 2.89. The first-order chi connectivity index (χ1) is 8.81. The SMILES string of the molecule is O=C1CCc2cc(NCc3ccn[nH]3)ccc2N1. The van der Waals surface area contributed by atoms with Crippen LogP contribution >= 0.6 is 0 Å². The van der Waals surface area contributed by atoms with Crippen LogP contribution in [0.4, 0.5) is 11.4 Å². The van der Waals surface area contributed by atoms with Crippen molar-refractivity contribution >= 4 is 17.3 Å². The Morgan fingerprint density at radius 2 is 2.22 bits per heavy atom. The Labute approximate surface area is 105 Å². The van der Waals surface area contributed by atoms with Gasteiger partial charge < -0.3 is 10.6 Å². The first kappa shape index (κ1) is 10.8. The van der Waals surface area contributed by atoms with Gasteiger partial charge in [-0.1, -0.05) is 0 Å². The zero-order valence-electron chi connectivity index (χ0n) is 9.86. The minimum Gasteiger partial charge on any atom is -0.379 e. The van der Waals surface area contributed by atoms with Gasteiger partial charge >= 0.3 is 0 Å². The van der Waals surface area contributed by atoms with Crippen LogP contribution in [0.15, 0.2) is 30.5 Å². The molecule has 5 heteroatoms. The summed E-state index contributed by atoms with van der Waals surface area (Å²) in [7, 11) is 0.